The third-order valence-corrected chi connectivity index (χ3v) is 6.12. The Morgan fingerprint density at radius 2 is 1.90 bits per heavy atom. The van der Waals surface area contributed by atoms with Crippen molar-refractivity contribution in [3.63, 3.8) is 0 Å². The van der Waals surface area contributed by atoms with Crippen LogP contribution < -0.4 is 5.32 Å². The van der Waals surface area contributed by atoms with Crippen molar-refractivity contribution in [2.75, 3.05) is 25.5 Å². The van der Waals surface area contributed by atoms with Gasteiger partial charge in [0.1, 0.15) is 5.82 Å². The Kier molecular flexibility index (Phi) is 6.06. The van der Waals surface area contributed by atoms with Crippen molar-refractivity contribution in [1.29, 1.82) is 0 Å². The number of hydrogen-bond donors (Lipinski definition) is 2. The number of rotatable bonds is 6. The van der Waals surface area contributed by atoms with Crippen molar-refractivity contribution < 1.29 is 14.6 Å². The minimum atomic E-state index is -0.365. The molecular weight excluding hydrogens is 368 g/mol. The molecule has 0 amide bonds. The molecule has 1 aliphatic carbocycles. The number of aliphatic hydroxyl groups is 1. The summed E-state index contributed by atoms with van der Waals surface area (Å²) in [5.74, 6) is 1.61. The van der Waals surface area contributed by atoms with E-state index in [9.17, 15) is 9.90 Å². The summed E-state index contributed by atoms with van der Waals surface area (Å²) in [6.07, 6.45) is 6.71. The molecule has 1 aromatic carbocycles. The predicted molar refractivity (Wildman–Crippen MR) is 109 cm³/mol. The van der Waals surface area contributed by atoms with Crippen LogP contribution in [0.15, 0.2) is 42.9 Å². The summed E-state index contributed by atoms with van der Waals surface area (Å²) in [6, 6.07) is 8.20. The van der Waals surface area contributed by atoms with Crippen molar-refractivity contribution in [2.24, 2.45) is 11.8 Å². The highest BCUT2D eigenvalue weighted by Crippen LogP contribution is 2.37. The lowest BCUT2D eigenvalue weighted by atomic mass is 9.77. The average molecular weight is 396 g/mol. The minimum absolute atomic E-state index is 0.0190. The van der Waals surface area contributed by atoms with Crippen molar-refractivity contribution in [2.45, 2.75) is 38.0 Å². The normalized spacial score (nSPS) is 26.7. The molecule has 4 rings (SSSR count). The van der Waals surface area contributed by atoms with E-state index in [1.807, 2.05) is 12.1 Å². The molecular formula is C22H28N4O3. The van der Waals surface area contributed by atoms with Gasteiger partial charge in [0.25, 0.3) is 0 Å². The maximum absolute atomic E-state index is 11.4. The lowest BCUT2D eigenvalue weighted by Crippen LogP contribution is -2.43. The van der Waals surface area contributed by atoms with Crippen LogP contribution in [-0.4, -0.2) is 58.3 Å². The highest BCUT2D eigenvalue weighted by Gasteiger charge is 2.41. The van der Waals surface area contributed by atoms with Gasteiger partial charge in [0, 0.05) is 32.0 Å². The molecule has 7 nitrogen and oxygen atoms in total. The SMILES string of the molecule is COC(=O)Cc1ccc(CN2C[C@H]3C[C@@H](Nc4cnccn4)[C@H](O)C[C@H]3C2)cc1. The summed E-state index contributed by atoms with van der Waals surface area (Å²) >= 11 is 0. The van der Waals surface area contributed by atoms with Crippen LogP contribution in [0.3, 0.4) is 0 Å². The summed E-state index contributed by atoms with van der Waals surface area (Å²) in [7, 11) is 1.41. The molecule has 7 heteroatoms. The number of hydrogen-bond acceptors (Lipinski definition) is 7. The van der Waals surface area contributed by atoms with E-state index in [1.165, 1.54) is 12.7 Å². The van der Waals surface area contributed by atoms with Crippen LogP contribution in [0.4, 0.5) is 5.82 Å². The number of aliphatic hydroxyl groups excluding tert-OH is 1. The molecule has 29 heavy (non-hydrogen) atoms. The number of aromatic nitrogens is 2. The zero-order valence-electron chi connectivity index (χ0n) is 16.7. The van der Waals surface area contributed by atoms with Gasteiger partial charge in [-0.05, 0) is 35.8 Å². The number of carbonyl (C=O) groups is 1. The second kappa shape index (κ2) is 8.88. The van der Waals surface area contributed by atoms with E-state index in [2.05, 4.69) is 32.3 Å². The number of methoxy groups -OCH3 is 1. The third-order valence-electron chi connectivity index (χ3n) is 6.12. The first kappa shape index (κ1) is 19.8. The van der Waals surface area contributed by atoms with Crippen molar-refractivity contribution in [3.8, 4) is 0 Å². The summed E-state index contributed by atoms with van der Waals surface area (Å²) in [4.78, 5) is 22.2. The van der Waals surface area contributed by atoms with E-state index in [0.717, 1.165) is 43.9 Å². The van der Waals surface area contributed by atoms with Crippen LogP contribution in [-0.2, 0) is 22.5 Å². The van der Waals surface area contributed by atoms with Gasteiger partial charge in [0.2, 0.25) is 0 Å². The van der Waals surface area contributed by atoms with Gasteiger partial charge in [-0.25, -0.2) is 4.98 Å². The number of nitrogens with one attached hydrogen (secondary N) is 1. The summed E-state index contributed by atoms with van der Waals surface area (Å²) in [5, 5.41) is 14.0. The van der Waals surface area contributed by atoms with Gasteiger partial charge in [-0.3, -0.25) is 14.7 Å². The maximum atomic E-state index is 11.4. The molecule has 1 saturated carbocycles. The molecule has 2 aromatic rings. The topological polar surface area (TPSA) is 87.6 Å². The molecule has 1 aliphatic heterocycles. The van der Waals surface area contributed by atoms with Crippen LogP contribution >= 0.6 is 0 Å². The van der Waals surface area contributed by atoms with E-state index >= 15 is 0 Å². The van der Waals surface area contributed by atoms with Crippen LogP contribution in [0.1, 0.15) is 24.0 Å². The van der Waals surface area contributed by atoms with E-state index in [-0.39, 0.29) is 18.1 Å². The van der Waals surface area contributed by atoms with Gasteiger partial charge in [-0.1, -0.05) is 24.3 Å². The smallest absolute Gasteiger partial charge is 0.309 e. The lowest BCUT2D eigenvalue weighted by molar-refractivity contribution is -0.139. The summed E-state index contributed by atoms with van der Waals surface area (Å²) in [5.41, 5.74) is 2.21. The van der Waals surface area contributed by atoms with Crippen LogP contribution in [0.2, 0.25) is 0 Å². The fourth-order valence-corrected chi connectivity index (χ4v) is 4.63. The second-order valence-corrected chi connectivity index (χ2v) is 8.16. The van der Waals surface area contributed by atoms with E-state index in [4.69, 9.17) is 4.74 Å². The van der Waals surface area contributed by atoms with Gasteiger partial charge < -0.3 is 15.2 Å². The lowest BCUT2D eigenvalue weighted by Gasteiger charge is -2.35. The average Bonchev–Trinajstić information content (AvgIpc) is 3.11. The van der Waals surface area contributed by atoms with Gasteiger partial charge >= 0.3 is 5.97 Å². The maximum Gasteiger partial charge on any atom is 0.309 e. The third kappa shape index (κ3) is 4.92. The Morgan fingerprint density at radius 3 is 2.59 bits per heavy atom. The molecule has 2 N–H and O–H groups in total. The van der Waals surface area contributed by atoms with Crippen molar-refractivity contribution in [3.05, 3.63) is 54.0 Å². The number of nitrogens with zero attached hydrogens (tertiary/aromatic N) is 3. The van der Waals surface area contributed by atoms with Gasteiger partial charge in [-0.2, -0.15) is 0 Å². The zero-order chi connectivity index (χ0) is 20.2. The fraction of sp³-hybridized carbons (Fsp3) is 0.500. The van der Waals surface area contributed by atoms with Crippen molar-refractivity contribution in [1.82, 2.24) is 14.9 Å². The minimum Gasteiger partial charge on any atom is -0.469 e. The molecule has 0 bridgehead atoms. The molecule has 0 spiro atoms. The first-order chi connectivity index (χ1) is 14.1. The molecule has 4 atom stereocenters. The summed E-state index contributed by atoms with van der Waals surface area (Å²) < 4.78 is 4.72. The molecule has 0 radical (unpaired) electrons. The molecule has 154 valence electrons. The largest absolute Gasteiger partial charge is 0.469 e. The number of ether oxygens (including phenoxy) is 1. The zero-order valence-corrected chi connectivity index (χ0v) is 16.7. The first-order valence-electron chi connectivity index (χ1n) is 10.2. The van der Waals surface area contributed by atoms with E-state index in [1.54, 1.807) is 18.6 Å². The number of anilines is 1. The standard InChI is InChI=1S/C22H28N4O3/c1-29-22(28)8-15-2-4-16(5-3-15)12-26-13-17-9-19(20(27)10-18(17)14-26)25-21-11-23-6-7-24-21/h2-7,11,17-20,27H,8-10,12-14H2,1H3,(H,24,25)/t17-,18+,19-,20-/m1/s1. The number of likely N-dealkylation sites (tertiary alicyclic amines) is 1. The predicted octanol–water partition coefficient (Wildman–Crippen LogP) is 1.88. The highest BCUT2D eigenvalue weighted by molar-refractivity contribution is 5.72. The number of esters is 1. The Morgan fingerprint density at radius 1 is 1.17 bits per heavy atom. The Labute approximate surface area is 171 Å². The molecule has 2 heterocycles. The Balaban J connectivity index is 1.32. The van der Waals surface area contributed by atoms with Gasteiger partial charge in [0.05, 0.1) is 31.9 Å². The Hall–Kier alpha value is -2.51. The van der Waals surface area contributed by atoms with E-state index < -0.39 is 0 Å². The number of fused-ring (bicyclic) bond motifs is 1. The molecule has 1 saturated heterocycles. The van der Waals surface area contributed by atoms with Gasteiger partial charge in [-0.15, -0.1) is 0 Å². The Bertz CT molecular complexity index is 815. The van der Waals surface area contributed by atoms with E-state index in [0.29, 0.717) is 18.3 Å². The highest BCUT2D eigenvalue weighted by atomic mass is 16.5. The van der Waals surface area contributed by atoms with Crippen LogP contribution in [0.25, 0.3) is 0 Å². The second-order valence-electron chi connectivity index (χ2n) is 8.16. The monoisotopic (exact) mass is 396 g/mol. The molecule has 1 aromatic heterocycles. The number of benzene rings is 1. The van der Waals surface area contributed by atoms with Gasteiger partial charge in [0.15, 0.2) is 0 Å². The summed E-state index contributed by atoms with van der Waals surface area (Å²) in [6.45, 7) is 2.95. The van der Waals surface area contributed by atoms with Crippen molar-refractivity contribution >= 4 is 11.8 Å². The molecule has 0 unspecified atom stereocenters. The fourth-order valence-electron chi connectivity index (χ4n) is 4.63. The molecule has 2 aliphatic rings. The van der Waals surface area contributed by atoms with Crippen LogP contribution in [0, 0.1) is 11.8 Å². The number of carbonyl (C=O) groups excluding carboxylic acids is 1. The van der Waals surface area contributed by atoms with Crippen LogP contribution in [0.5, 0.6) is 0 Å². The molecule has 2 fully saturated rings. The first-order valence-corrected chi connectivity index (χ1v) is 10.2. The quantitative estimate of drug-likeness (QED) is 0.721.